The van der Waals surface area contributed by atoms with Gasteiger partial charge in [-0.15, -0.1) is 0 Å². The largest absolute Gasteiger partial charge is 0.330 e. The number of sulfonamides is 1. The third-order valence-corrected chi connectivity index (χ3v) is 5.53. The number of rotatable bonds is 4. The van der Waals surface area contributed by atoms with Crippen molar-refractivity contribution in [3.8, 4) is 0 Å². The average Bonchev–Trinajstić information content (AvgIpc) is 2.93. The van der Waals surface area contributed by atoms with Gasteiger partial charge >= 0.3 is 0 Å². The summed E-state index contributed by atoms with van der Waals surface area (Å²) >= 11 is 0. The summed E-state index contributed by atoms with van der Waals surface area (Å²) in [7, 11) is -1.59. The number of benzene rings is 1. The first-order chi connectivity index (χ1) is 12.7. The number of piperidine rings is 1. The van der Waals surface area contributed by atoms with Gasteiger partial charge in [-0.05, 0) is 51.3 Å². The summed E-state index contributed by atoms with van der Waals surface area (Å²) < 4.78 is 27.7. The van der Waals surface area contributed by atoms with Gasteiger partial charge in [-0.3, -0.25) is 14.2 Å². The van der Waals surface area contributed by atoms with E-state index in [0.29, 0.717) is 17.8 Å². The lowest BCUT2D eigenvalue weighted by molar-refractivity contribution is 0.0606. The molecule has 1 saturated heterocycles. The molecule has 27 heavy (non-hydrogen) atoms. The third kappa shape index (κ3) is 4.32. The summed E-state index contributed by atoms with van der Waals surface area (Å²) in [6.07, 6.45) is 3.89. The van der Waals surface area contributed by atoms with Crippen molar-refractivity contribution in [2.45, 2.75) is 39.2 Å². The molecule has 1 aliphatic rings. The fourth-order valence-electron chi connectivity index (χ4n) is 3.51. The molecular formula is C19H26N4O3S. The Labute approximate surface area is 160 Å². The molecule has 1 unspecified atom stereocenters. The summed E-state index contributed by atoms with van der Waals surface area (Å²) in [5, 5.41) is 4.57. The zero-order chi connectivity index (χ0) is 19.8. The standard InChI is InChI=1S/C19H26N4O3S/c1-13-8-9-16(21-27(4,25)26)15(11-13)19(24)23-10-6-5-7-18(23)17-12-14(2)22(3)20-17/h8-9,11-12,18,21H,5-7,10H2,1-4H3. The van der Waals surface area contributed by atoms with E-state index >= 15 is 0 Å². The van der Waals surface area contributed by atoms with Crippen molar-refractivity contribution in [3.63, 3.8) is 0 Å². The van der Waals surface area contributed by atoms with E-state index in [4.69, 9.17) is 0 Å². The van der Waals surface area contributed by atoms with Gasteiger partial charge in [0.15, 0.2) is 0 Å². The average molecular weight is 391 g/mol. The highest BCUT2D eigenvalue weighted by Crippen LogP contribution is 2.33. The van der Waals surface area contributed by atoms with Crippen molar-refractivity contribution >= 4 is 21.6 Å². The molecular weight excluding hydrogens is 364 g/mol. The Morgan fingerprint density at radius 1 is 1.22 bits per heavy atom. The number of nitrogens with one attached hydrogen (secondary N) is 1. The minimum Gasteiger partial charge on any atom is -0.330 e. The van der Waals surface area contributed by atoms with Crippen LogP contribution < -0.4 is 4.72 Å². The van der Waals surface area contributed by atoms with Crippen molar-refractivity contribution in [3.05, 3.63) is 46.8 Å². The summed E-state index contributed by atoms with van der Waals surface area (Å²) in [5.74, 6) is -0.169. The molecule has 7 nitrogen and oxygen atoms in total. The van der Waals surface area contributed by atoms with Crippen LogP contribution in [0.15, 0.2) is 24.3 Å². The predicted octanol–water partition coefficient (Wildman–Crippen LogP) is 2.78. The van der Waals surface area contributed by atoms with Gasteiger partial charge in [0.1, 0.15) is 0 Å². The highest BCUT2D eigenvalue weighted by atomic mass is 32.2. The van der Waals surface area contributed by atoms with Crippen LogP contribution in [0.3, 0.4) is 0 Å². The first-order valence-corrected chi connectivity index (χ1v) is 10.9. The number of aryl methyl sites for hydroxylation is 3. The van der Waals surface area contributed by atoms with E-state index in [0.717, 1.165) is 42.5 Å². The van der Waals surface area contributed by atoms with Crippen molar-refractivity contribution in [1.82, 2.24) is 14.7 Å². The smallest absolute Gasteiger partial charge is 0.256 e. The van der Waals surface area contributed by atoms with Gasteiger partial charge < -0.3 is 4.90 Å². The highest BCUT2D eigenvalue weighted by molar-refractivity contribution is 7.92. The Kier molecular flexibility index (Phi) is 5.28. The Bertz CT molecular complexity index is 946. The summed E-state index contributed by atoms with van der Waals surface area (Å²) in [6.45, 7) is 4.50. The Balaban J connectivity index is 1.99. The summed E-state index contributed by atoms with van der Waals surface area (Å²) in [6, 6.07) is 7.10. The van der Waals surface area contributed by atoms with Crippen molar-refractivity contribution in [2.24, 2.45) is 7.05 Å². The second kappa shape index (κ2) is 7.34. The predicted molar refractivity (Wildman–Crippen MR) is 105 cm³/mol. The molecule has 1 aromatic heterocycles. The number of anilines is 1. The molecule has 3 rings (SSSR count). The zero-order valence-corrected chi connectivity index (χ0v) is 17.0. The molecule has 146 valence electrons. The van der Waals surface area contributed by atoms with Crippen LogP contribution >= 0.6 is 0 Å². The van der Waals surface area contributed by atoms with Crippen molar-refractivity contribution in [2.75, 3.05) is 17.5 Å². The molecule has 0 saturated carbocycles. The van der Waals surface area contributed by atoms with Crippen LogP contribution in [-0.2, 0) is 17.1 Å². The van der Waals surface area contributed by atoms with Gasteiger partial charge in [0.25, 0.3) is 5.91 Å². The second-order valence-electron chi connectivity index (χ2n) is 7.27. The van der Waals surface area contributed by atoms with E-state index in [1.165, 1.54) is 0 Å². The minimum absolute atomic E-state index is 0.0993. The molecule has 2 heterocycles. The first-order valence-electron chi connectivity index (χ1n) is 9.05. The van der Waals surface area contributed by atoms with Gasteiger partial charge in [-0.2, -0.15) is 5.10 Å². The third-order valence-electron chi connectivity index (χ3n) is 4.94. The number of aromatic nitrogens is 2. The Morgan fingerprint density at radius 3 is 2.59 bits per heavy atom. The number of likely N-dealkylation sites (tertiary alicyclic amines) is 1. The number of nitrogens with zero attached hydrogens (tertiary/aromatic N) is 3. The van der Waals surface area contributed by atoms with E-state index < -0.39 is 10.0 Å². The maximum Gasteiger partial charge on any atom is 0.256 e. The van der Waals surface area contributed by atoms with Crippen molar-refractivity contribution in [1.29, 1.82) is 0 Å². The number of carbonyl (C=O) groups is 1. The Morgan fingerprint density at radius 2 is 1.96 bits per heavy atom. The zero-order valence-electron chi connectivity index (χ0n) is 16.2. The molecule has 1 aromatic carbocycles. The molecule has 0 spiro atoms. The van der Waals surface area contributed by atoms with Crippen LogP contribution in [0.25, 0.3) is 0 Å². The van der Waals surface area contributed by atoms with Gasteiger partial charge in [0, 0.05) is 19.3 Å². The first kappa shape index (κ1) is 19.4. The number of hydrogen-bond donors (Lipinski definition) is 1. The lowest BCUT2D eigenvalue weighted by atomic mass is 9.97. The van der Waals surface area contributed by atoms with E-state index in [-0.39, 0.29) is 11.9 Å². The molecule has 0 bridgehead atoms. The minimum atomic E-state index is -3.48. The maximum atomic E-state index is 13.4. The Hall–Kier alpha value is -2.35. The second-order valence-corrected chi connectivity index (χ2v) is 9.02. The molecule has 1 fully saturated rings. The maximum absolute atomic E-state index is 13.4. The topological polar surface area (TPSA) is 84.3 Å². The lowest BCUT2D eigenvalue weighted by Gasteiger charge is -2.35. The van der Waals surface area contributed by atoms with E-state index in [1.54, 1.807) is 18.2 Å². The fourth-order valence-corrected chi connectivity index (χ4v) is 4.09. The molecule has 0 radical (unpaired) electrons. The van der Waals surface area contributed by atoms with E-state index in [2.05, 4.69) is 9.82 Å². The van der Waals surface area contributed by atoms with Gasteiger partial charge in [0.2, 0.25) is 10.0 Å². The monoisotopic (exact) mass is 390 g/mol. The molecule has 1 aliphatic heterocycles. The van der Waals surface area contributed by atoms with Crippen LogP contribution in [-0.4, -0.2) is 41.8 Å². The van der Waals surface area contributed by atoms with Crippen molar-refractivity contribution < 1.29 is 13.2 Å². The quantitative estimate of drug-likeness (QED) is 0.870. The van der Waals surface area contributed by atoms with Gasteiger partial charge in [0.05, 0.1) is 29.2 Å². The van der Waals surface area contributed by atoms with E-state index in [9.17, 15) is 13.2 Å². The molecule has 1 amide bonds. The van der Waals surface area contributed by atoms with Crippen LogP contribution in [0.1, 0.15) is 52.6 Å². The lowest BCUT2D eigenvalue weighted by Crippen LogP contribution is -2.39. The fraction of sp³-hybridized carbons (Fsp3) is 0.474. The number of carbonyl (C=O) groups excluding carboxylic acids is 1. The van der Waals surface area contributed by atoms with Gasteiger partial charge in [-0.25, -0.2) is 8.42 Å². The van der Waals surface area contributed by atoms with Crippen LogP contribution in [0.2, 0.25) is 0 Å². The highest BCUT2D eigenvalue weighted by Gasteiger charge is 2.32. The summed E-state index contributed by atoms with van der Waals surface area (Å²) in [4.78, 5) is 15.2. The van der Waals surface area contributed by atoms with Crippen LogP contribution in [0, 0.1) is 13.8 Å². The molecule has 1 atom stereocenters. The van der Waals surface area contributed by atoms with Gasteiger partial charge in [-0.1, -0.05) is 11.6 Å². The van der Waals surface area contributed by atoms with Crippen LogP contribution in [0.4, 0.5) is 5.69 Å². The van der Waals surface area contributed by atoms with Crippen LogP contribution in [0.5, 0.6) is 0 Å². The molecule has 0 aliphatic carbocycles. The normalized spacial score (nSPS) is 17.8. The molecule has 1 N–H and O–H groups in total. The van der Waals surface area contributed by atoms with E-state index in [1.807, 2.05) is 36.5 Å². The SMILES string of the molecule is Cc1ccc(NS(C)(=O)=O)c(C(=O)N2CCCCC2c2cc(C)n(C)n2)c1. The number of amides is 1. The molecule has 8 heteroatoms. The summed E-state index contributed by atoms with van der Waals surface area (Å²) in [5.41, 5.74) is 3.51. The number of hydrogen-bond acceptors (Lipinski definition) is 4. The molecule has 2 aromatic rings.